The lowest BCUT2D eigenvalue weighted by Crippen LogP contribution is -2.33. The molecule has 2 saturated heterocycles. The van der Waals surface area contributed by atoms with Crippen LogP contribution in [0.15, 0.2) is 24.3 Å². The highest BCUT2D eigenvalue weighted by Crippen LogP contribution is 2.28. The molecule has 0 aromatic heterocycles. The second kappa shape index (κ2) is 5.83. The summed E-state index contributed by atoms with van der Waals surface area (Å²) in [5, 5.41) is 3.46. The van der Waals surface area contributed by atoms with Gasteiger partial charge in [-0.05, 0) is 49.9 Å². The quantitative estimate of drug-likeness (QED) is 0.893. The monoisotopic (exact) mass is 274 g/mol. The van der Waals surface area contributed by atoms with Crippen LogP contribution in [0.2, 0.25) is 0 Å². The zero-order chi connectivity index (χ0) is 13.9. The van der Waals surface area contributed by atoms with Crippen LogP contribution in [0.3, 0.4) is 0 Å². The highest BCUT2D eigenvalue weighted by molar-refractivity contribution is 5.96. The number of methoxy groups -OCH3 is 1. The molecule has 1 N–H and O–H groups in total. The number of amides is 1. The number of fused-ring (bicyclic) bond motifs is 1. The van der Waals surface area contributed by atoms with E-state index in [9.17, 15) is 4.79 Å². The molecule has 0 aliphatic carbocycles. The van der Waals surface area contributed by atoms with Gasteiger partial charge in [0.25, 0.3) is 5.91 Å². The molecule has 1 amide bonds. The maximum absolute atomic E-state index is 12.7. The van der Waals surface area contributed by atoms with Crippen molar-refractivity contribution in [2.75, 3.05) is 33.3 Å². The fraction of sp³-hybridized carbons (Fsp3) is 0.562. The second-order valence-corrected chi connectivity index (χ2v) is 5.75. The van der Waals surface area contributed by atoms with E-state index < -0.39 is 0 Å². The number of ether oxygens (including phenoxy) is 1. The topological polar surface area (TPSA) is 41.6 Å². The summed E-state index contributed by atoms with van der Waals surface area (Å²) in [6.07, 6.45) is 2.22. The van der Waals surface area contributed by atoms with Crippen molar-refractivity contribution in [3.05, 3.63) is 29.8 Å². The molecular weight excluding hydrogens is 252 g/mol. The van der Waals surface area contributed by atoms with Crippen LogP contribution >= 0.6 is 0 Å². The maximum Gasteiger partial charge on any atom is 0.257 e. The number of hydrogen-bond donors (Lipinski definition) is 1. The molecule has 2 atom stereocenters. The molecule has 0 bridgehead atoms. The van der Waals surface area contributed by atoms with Gasteiger partial charge in [-0.25, -0.2) is 0 Å². The van der Waals surface area contributed by atoms with E-state index in [0.29, 0.717) is 11.3 Å². The third kappa shape index (κ3) is 2.52. The molecule has 20 heavy (non-hydrogen) atoms. The Labute approximate surface area is 120 Å². The van der Waals surface area contributed by atoms with E-state index in [-0.39, 0.29) is 5.91 Å². The summed E-state index contributed by atoms with van der Waals surface area (Å²) in [7, 11) is 1.62. The average Bonchev–Trinajstić information content (AvgIpc) is 2.85. The van der Waals surface area contributed by atoms with Gasteiger partial charge in [-0.3, -0.25) is 4.79 Å². The summed E-state index contributed by atoms with van der Waals surface area (Å²) in [5.74, 6) is 2.26. The van der Waals surface area contributed by atoms with Gasteiger partial charge in [0.1, 0.15) is 5.75 Å². The zero-order valence-corrected chi connectivity index (χ0v) is 12.0. The van der Waals surface area contributed by atoms with Crippen LogP contribution in [0, 0.1) is 11.8 Å². The summed E-state index contributed by atoms with van der Waals surface area (Å²) < 4.78 is 5.31. The van der Waals surface area contributed by atoms with Gasteiger partial charge in [-0.2, -0.15) is 0 Å². The van der Waals surface area contributed by atoms with Crippen LogP contribution in [-0.2, 0) is 0 Å². The van der Waals surface area contributed by atoms with Crippen LogP contribution < -0.4 is 10.1 Å². The highest BCUT2D eigenvalue weighted by Gasteiger charge is 2.32. The molecule has 0 saturated carbocycles. The standard InChI is InChI=1S/C16H22N2O2/c1-20-15-5-3-2-4-14(15)16(19)18-8-6-12-10-17-11-13(12)7-9-18/h2-5,12-13,17H,6-11H2,1H3/t12-,13+. The van der Waals surface area contributed by atoms with Gasteiger partial charge in [-0.15, -0.1) is 0 Å². The minimum atomic E-state index is 0.107. The Hall–Kier alpha value is -1.55. The number of carbonyl (C=O) groups excluding carboxylic acids is 1. The van der Waals surface area contributed by atoms with Gasteiger partial charge < -0.3 is 15.0 Å². The lowest BCUT2D eigenvalue weighted by Gasteiger charge is -2.22. The molecule has 3 rings (SSSR count). The molecule has 1 aromatic carbocycles. The van der Waals surface area contributed by atoms with Gasteiger partial charge in [-0.1, -0.05) is 12.1 Å². The Balaban J connectivity index is 1.74. The third-order valence-electron chi connectivity index (χ3n) is 4.64. The first kappa shape index (κ1) is 13.4. The Morgan fingerprint density at radius 2 is 1.85 bits per heavy atom. The first-order valence-corrected chi connectivity index (χ1v) is 7.42. The fourth-order valence-electron chi connectivity index (χ4n) is 3.41. The number of hydrogen-bond acceptors (Lipinski definition) is 3. The number of para-hydroxylation sites is 1. The molecule has 1 aromatic rings. The van der Waals surface area contributed by atoms with Crippen molar-refractivity contribution in [3.8, 4) is 5.75 Å². The second-order valence-electron chi connectivity index (χ2n) is 5.75. The summed E-state index contributed by atoms with van der Waals surface area (Å²) in [5.41, 5.74) is 0.681. The number of nitrogens with one attached hydrogen (secondary N) is 1. The summed E-state index contributed by atoms with van der Waals surface area (Å²) in [6.45, 7) is 3.95. The lowest BCUT2D eigenvalue weighted by molar-refractivity contribution is 0.0755. The Kier molecular flexibility index (Phi) is 3.92. The van der Waals surface area contributed by atoms with Crippen LogP contribution in [0.25, 0.3) is 0 Å². The highest BCUT2D eigenvalue weighted by atomic mass is 16.5. The van der Waals surface area contributed by atoms with Crippen molar-refractivity contribution in [1.29, 1.82) is 0 Å². The van der Waals surface area contributed by atoms with E-state index >= 15 is 0 Å². The Morgan fingerprint density at radius 3 is 2.50 bits per heavy atom. The number of carbonyl (C=O) groups is 1. The minimum Gasteiger partial charge on any atom is -0.496 e. The van der Waals surface area contributed by atoms with E-state index in [1.807, 2.05) is 29.2 Å². The van der Waals surface area contributed by atoms with Gasteiger partial charge in [0.05, 0.1) is 12.7 Å². The van der Waals surface area contributed by atoms with Gasteiger partial charge in [0.2, 0.25) is 0 Å². The van der Waals surface area contributed by atoms with Crippen molar-refractivity contribution < 1.29 is 9.53 Å². The normalized spacial score (nSPS) is 25.9. The predicted molar refractivity (Wildman–Crippen MR) is 78.0 cm³/mol. The molecule has 0 radical (unpaired) electrons. The Morgan fingerprint density at radius 1 is 1.20 bits per heavy atom. The van der Waals surface area contributed by atoms with Crippen LogP contribution in [0.5, 0.6) is 5.75 Å². The van der Waals surface area contributed by atoms with Crippen LogP contribution in [-0.4, -0.2) is 44.1 Å². The van der Waals surface area contributed by atoms with Crippen LogP contribution in [0.1, 0.15) is 23.2 Å². The first-order valence-electron chi connectivity index (χ1n) is 7.42. The number of nitrogens with zero attached hydrogens (tertiary/aromatic N) is 1. The van der Waals surface area contributed by atoms with Crippen molar-refractivity contribution in [2.45, 2.75) is 12.8 Å². The van der Waals surface area contributed by atoms with Gasteiger partial charge in [0.15, 0.2) is 0 Å². The SMILES string of the molecule is COc1ccccc1C(=O)N1CC[C@@H]2CNC[C@@H]2CC1. The number of likely N-dealkylation sites (tertiary alicyclic amines) is 1. The third-order valence-corrected chi connectivity index (χ3v) is 4.64. The van der Waals surface area contributed by atoms with Crippen molar-refractivity contribution in [3.63, 3.8) is 0 Å². The van der Waals surface area contributed by atoms with E-state index in [1.165, 1.54) is 0 Å². The maximum atomic E-state index is 12.7. The largest absolute Gasteiger partial charge is 0.496 e. The predicted octanol–water partition coefficient (Wildman–Crippen LogP) is 1.77. The number of rotatable bonds is 2. The molecule has 4 heteroatoms. The average molecular weight is 274 g/mol. The van der Waals surface area contributed by atoms with E-state index in [0.717, 1.165) is 50.9 Å². The summed E-state index contributed by atoms with van der Waals surface area (Å²) >= 11 is 0. The van der Waals surface area contributed by atoms with E-state index in [4.69, 9.17) is 4.74 Å². The zero-order valence-electron chi connectivity index (χ0n) is 12.0. The number of benzene rings is 1. The molecular formula is C16H22N2O2. The lowest BCUT2D eigenvalue weighted by atomic mass is 9.92. The molecule has 2 aliphatic rings. The van der Waals surface area contributed by atoms with Gasteiger partial charge in [0, 0.05) is 13.1 Å². The van der Waals surface area contributed by atoms with E-state index in [2.05, 4.69) is 5.32 Å². The summed E-state index contributed by atoms with van der Waals surface area (Å²) in [4.78, 5) is 14.7. The molecule has 2 fully saturated rings. The molecule has 4 nitrogen and oxygen atoms in total. The first-order chi connectivity index (χ1) is 9.79. The molecule has 108 valence electrons. The van der Waals surface area contributed by atoms with Crippen molar-refractivity contribution in [1.82, 2.24) is 10.2 Å². The van der Waals surface area contributed by atoms with Crippen LogP contribution in [0.4, 0.5) is 0 Å². The molecule has 2 heterocycles. The summed E-state index contributed by atoms with van der Waals surface area (Å²) in [6, 6.07) is 7.50. The molecule has 2 aliphatic heterocycles. The van der Waals surface area contributed by atoms with Crippen molar-refractivity contribution >= 4 is 5.91 Å². The molecule has 0 unspecified atom stereocenters. The minimum absolute atomic E-state index is 0.107. The van der Waals surface area contributed by atoms with Gasteiger partial charge >= 0.3 is 0 Å². The Bertz CT molecular complexity index is 475. The van der Waals surface area contributed by atoms with Crippen molar-refractivity contribution in [2.24, 2.45) is 11.8 Å². The molecule has 0 spiro atoms. The smallest absolute Gasteiger partial charge is 0.257 e. The van der Waals surface area contributed by atoms with E-state index in [1.54, 1.807) is 7.11 Å². The fourth-order valence-corrected chi connectivity index (χ4v) is 3.41.